The van der Waals surface area contributed by atoms with Crippen LogP contribution >= 0.6 is 0 Å². The third-order valence-electron chi connectivity index (χ3n) is 1.58. The summed E-state index contributed by atoms with van der Waals surface area (Å²) in [5, 5.41) is -5.70. The first-order chi connectivity index (χ1) is 8.06. The van der Waals surface area contributed by atoms with Crippen LogP contribution in [0.3, 0.4) is 0 Å². The van der Waals surface area contributed by atoms with Crippen LogP contribution in [0.5, 0.6) is 0 Å². The van der Waals surface area contributed by atoms with Crippen molar-refractivity contribution in [1.29, 1.82) is 0 Å². The number of ether oxygens (including phenoxy) is 1. The van der Waals surface area contributed by atoms with E-state index >= 15 is 0 Å². The highest BCUT2D eigenvalue weighted by Crippen LogP contribution is 2.39. The molecular formula is C5H12F4O6SSi2. The van der Waals surface area contributed by atoms with Gasteiger partial charge in [0, 0.05) is 6.61 Å². The standard InChI is InChI=1S/C5H12F4O6SSi2/c6-4(7,5(8,9)16(10,11)12)13-2-1-3-14-18-15-17/h1-3,18H2,17H3,(H,10,11,12). The lowest BCUT2D eigenvalue weighted by atomic mass is 10.5. The Morgan fingerprint density at radius 1 is 1.22 bits per heavy atom. The van der Waals surface area contributed by atoms with Gasteiger partial charge in [-0.3, -0.25) is 4.55 Å². The molecule has 0 aromatic rings. The second-order valence-corrected chi connectivity index (χ2v) is 7.44. The van der Waals surface area contributed by atoms with E-state index in [1.807, 2.05) is 0 Å². The molecule has 0 aliphatic carbocycles. The fraction of sp³-hybridized carbons (Fsp3) is 1.00. The number of alkyl halides is 4. The molecule has 1 N–H and O–H groups in total. The average Bonchev–Trinajstić information content (AvgIpc) is 2.21. The normalized spacial score (nSPS) is 14.7. The Balaban J connectivity index is 4.24. The van der Waals surface area contributed by atoms with E-state index in [1.54, 1.807) is 0 Å². The van der Waals surface area contributed by atoms with Crippen LogP contribution in [0.15, 0.2) is 0 Å². The summed E-state index contributed by atoms with van der Waals surface area (Å²) < 4.78 is 91.8. The molecule has 0 rings (SSSR count). The van der Waals surface area contributed by atoms with Gasteiger partial charge in [0.25, 0.3) is 10.0 Å². The molecule has 0 aliphatic rings. The largest absolute Gasteiger partial charge is 0.459 e. The Morgan fingerprint density at radius 3 is 2.22 bits per heavy atom. The van der Waals surface area contributed by atoms with E-state index in [-0.39, 0.29) is 13.0 Å². The molecule has 110 valence electrons. The van der Waals surface area contributed by atoms with Gasteiger partial charge in [0.05, 0.1) is 6.61 Å². The first-order valence-electron chi connectivity index (χ1n) is 4.49. The predicted molar refractivity (Wildman–Crippen MR) is 57.5 cm³/mol. The molecule has 6 nitrogen and oxygen atoms in total. The lowest BCUT2D eigenvalue weighted by molar-refractivity contribution is -0.318. The maximum Gasteiger partial charge on any atom is 0.459 e. The van der Waals surface area contributed by atoms with Crippen molar-refractivity contribution in [2.24, 2.45) is 0 Å². The molecule has 0 aliphatic heterocycles. The number of halogens is 4. The fourth-order valence-electron chi connectivity index (χ4n) is 0.738. The second kappa shape index (κ2) is 6.92. The lowest BCUT2D eigenvalue weighted by Crippen LogP contribution is -2.48. The summed E-state index contributed by atoms with van der Waals surface area (Å²) in [4.78, 5) is 0. The van der Waals surface area contributed by atoms with E-state index in [9.17, 15) is 26.0 Å². The van der Waals surface area contributed by atoms with E-state index in [0.717, 1.165) is 0 Å². The highest BCUT2D eigenvalue weighted by atomic mass is 32.2. The van der Waals surface area contributed by atoms with Crippen molar-refractivity contribution in [1.82, 2.24) is 0 Å². The van der Waals surface area contributed by atoms with E-state index in [4.69, 9.17) is 13.1 Å². The average molecular weight is 332 g/mol. The SMILES string of the molecule is O=S(=O)(O)C(F)(F)C(F)(F)OCCCO[SiH2]O[SiH3]. The van der Waals surface area contributed by atoms with Gasteiger partial charge < -0.3 is 13.3 Å². The van der Waals surface area contributed by atoms with Crippen LogP contribution in [0.1, 0.15) is 6.42 Å². The fourth-order valence-corrected chi connectivity index (χ4v) is 2.09. The molecule has 0 unspecified atom stereocenters. The number of hydrogen-bond acceptors (Lipinski definition) is 5. The van der Waals surface area contributed by atoms with Gasteiger partial charge >= 0.3 is 21.5 Å². The van der Waals surface area contributed by atoms with Gasteiger partial charge in [0.1, 0.15) is 10.5 Å². The molecule has 13 heteroatoms. The minimum atomic E-state index is -6.26. The van der Waals surface area contributed by atoms with Crippen molar-refractivity contribution in [3.05, 3.63) is 0 Å². The molecule has 0 fully saturated rings. The van der Waals surface area contributed by atoms with Crippen LogP contribution in [-0.4, -0.2) is 58.0 Å². The van der Waals surface area contributed by atoms with Gasteiger partial charge in [0.2, 0.25) is 0 Å². The van der Waals surface area contributed by atoms with Gasteiger partial charge in [-0.15, -0.1) is 0 Å². The smallest absolute Gasteiger partial charge is 0.449 e. The molecule has 0 spiro atoms. The quantitative estimate of drug-likeness (QED) is 0.247. The van der Waals surface area contributed by atoms with Crippen LogP contribution < -0.4 is 0 Å². The summed E-state index contributed by atoms with van der Waals surface area (Å²) in [5.74, 6) is 0. The van der Waals surface area contributed by atoms with Crippen molar-refractivity contribution in [3.63, 3.8) is 0 Å². The molecule has 0 atom stereocenters. The summed E-state index contributed by atoms with van der Waals surface area (Å²) >= 11 is 0. The van der Waals surface area contributed by atoms with Crippen molar-refractivity contribution >= 4 is 30.6 Å². The van der Waals surface area contributed by atoms with Crippen molar-refractivity contribution in [2.75, 3.05) is 13.2 Å². The number of hydrogen-bond donors (Lipinski definition) is 1. The molecule has 0 saturated heterocycles. The molecule has 0 heterocycles. The summed E-state index contributed by atoms with van der Waals surface area (Å²) in [6.07, 6.45) is -5.46. The monoisotopic (exact) mass is 332 g/mol. The third kappa shape index (κ3) is 4.90. The van der Waals surface area contributed by atoms with Gasteiger partial charge in [-0.2, -0.15) is 26.0 Å². The first kappa shape index (κ1) is 17.9. The summed E-state index contributed by atoms with van der Waals surface area (Å²) in [6.45, 7) is -0.879. The zero-order valence-corrected chi connectivity index (χ0v) is 13.5. The maximum absolute atomic E-state index is 12.7. The molecule has 0 bridgehead atoms. The highest BCUT2D eigenvalue weighted by Gasteiger charge is 2.67. The summed E-state index contributed by atoms with van der Waals surface area (Å²) in [7, 11) is -6.93. The molecule has 0 aromatic heterocycles. The minimum Gasteiger partial charge on any atom is -0.449 e. The number of rotatable bonds is 9. The topological polar surface area (TPSA) is 82.1 Å². The molecule has 0 radical (unpaired) electrons. The highest BCUT2D eigenvalue weighted by molar-refractivity contribution is 7.86. The zero-order valence-electron chi connectivity index (χ0n) is 9.24. The van der Waals surface area contributed by atoms with Gasteiger partial charge in [-0.1, -0.05) is 0 Å². The third-order valence-corrected chi connectivity index (χ3v) is 3.86. The minimum absolute atomic E-state index is 0.0258. The van der Waals surface area contributed by atoms with Crippen molar-refractivity contribution < 1.29 is 43.8 Å². The summed E-state index contributed by atoms with van der Waals surface area (Å²) in [6, 6.07) is 0. The van der Waals surface area contributed by atoms with Gasteiger partial charge in [-0.05, 0) is 6.42 Å². The van der Waals surface area contributed by atoms with Crippen LogP contribution in [0, 0.1) is 0 Å². The molecule has 18 heavy (non-hydrogen) atoms. The first-order valence-corrected chi connectivity index (χ1v) is 7.90. The Kier molecular flexibility index (Phi) is 6.90. The van der Waals surface area contributed by atoms with Crippen LogP contribution in [-0.2, 0) is 23.4 Å². The van der Waals surface area contributed by atoms with E-state index in [2.05, 4.69) is 4.74 Å². The van der Waals surface area contributed by atoms with Crippen molar-refractivity contribution in [3.8, 4) is 0 Å². The Morgan fingerprint density at radius 2 is 1.78 bits per heavy atom. The Bertz CT molecular complexity index is 350. The van der Waals surface area contributed by atoms with Gasteiger partial charge in [0.15, 0.2) is 0 Å². The second-order valence-electron chi connectivity index (χ2n) is 3.03. The van der Waals surface area contributed by atoms with E-state index in [0.29, 0.717) is 10.5 Å². The molecule has 0 aromatic carbocycles. The molecular weight excluding hydrogens is 320 g/mol. The Hall–Kier alpha value is -0.0562. The van der Waals surface area contributed by atoms with Crippen LogP contribution in [0.2, 0.25) is 0 Å². The van der Waals surface area contributed by atoms with Crippen LogP contribution in [0.25, 0.3) is 0 Å². The van der Waals surface area contributed by atoms with E-state index < -0.39 is 38.1 Å². The van der Waals surface area contributed by atoms with E-state index in [1.165, 1.54) is 0 Å². The zero-order chi connectivity index (χ0) is 14.4. The Labute approximate surface area is 106 Å². The van der Waals surface area contributed by atoms with Gasteiger partial charge in [-0.25, -0.2) is 0 Å². The maximum atomic E-state index is 12.7. The summed E-state index contributed by atoms with van der Waals surface area (Å²) in [5.41, 5.74) is 0. The molecule has 0 amide bonds. The lowest BCUT2D eigenvalue weighted by Gasteiger charge is -2.23. The molecule has 0 saturated carbocycles. The van der Waals surface area contributed by atoms with Crippen LogP contribution in [0.4, 0.5) is 17.6 Å². The van der Waals surface area contributed by atoms with Crippen molar-refractivity contribution in [2.45, 2.75) is 17.8 Å². The predicted octanol–water partition coefficient (Wildman–Crippen LogP) is -1.22.